The second-order valence-electron chi connectivity index (χ2n) is 8.07. The van der Waals surface area contributed by atoms with E-state index in [1.807, 2.05) is 0 Å². The molecule has 0 spiro atoms. The van der Waals surface area contributed by atoms with E-state index in [9.17, 15) is 18.0 Å². The van der Waals surface area contributed by atoms with E-state index in [-0.39, 0.29) is 28.1 Å². The van der Waals surface area contributed by atoms with E-state index in [4.69, 9.17) is 34.8 Å². The predicted octanol–water partition coefficient (Wildman–Crippen LogP) is 5.40. The summed E-state index contributed by atoms with van der Waals surface area (Å²) in [6.07, 6.45) is 0.295. The van der Waals surface area contributed by atoms with Gasteiger partial charge in [0.15, 0.2) is 0 Å². The molecule has 3 aromatic carbocycles. The molecule has 0 aliphatic heterocycles. The molecular weight excluding hydrogens is 557 g/mol. The first-order valence-corrected chi connectivity index (χ1v) is 13.9. The largest absolute Gasteiger partial charge is 0.357 e. The van der Waals surface area contributed by atoms with Gasteiger partial charge >= 0.3 is 0 Å². The molecule has 0 radical (unpaired) electrons. The van der Waals surface area contributed by atoms with Crippen LogP contribution < -0.4 is 9.62 Å². The summed E-state index contributed by atoms with van der Waals surface area (Å²) >= 11 is 18.8. The number of nitrogens with zero attached hydrogens (tertiary/aromatic N) is 2. The van der Waals surface area contributed by atoms with Gasteiger partial charge in [-0.15, -0.1) is 0 Å². The van der Waals surface area contributed by atoms with Crippen molar-refractivity contribution in [3.05, 3.63) is 93.4 Å². The Morgan fingerprint density at radius 2 is 1.57 bits per heavy atom. The number of carbonyl (C=O) groups excluding carboxylic acids is 2. The van der Waals surface area contributed by atoms with Gasteiger partial charge in [-0.1, -0.05) is 78.1 Å². The minimum absolute atomic E-state index is 0.00198. The Morgan fingerprint density at radius 3 is 2.16 bits per heavy atom. The molecule has 0 fully saturated rings. The van der Waals surface area contributed by atoms with Gasteiger partial charge in [0.05, 0.1) is 15.6 Å². The summed E-state index contributed by atoms with van der Waals surface area (Å²) in [5, 5.41) is 3.35. The van der Waals surface area contributed by atoms with Gasteiger partial charge < -0.3 is 10.2 Å². The van der Waals surface area contributed by atoms with E-state index >= 15 is 0 Å². The summed E-state index contributed by atoms with van der Waals surface area (Å²) in [7, 11) is -2.75. The highest BCUT2D eigenvalue weighted by Crippen LogP contribution is 2.33. The highest BCUT2D eigenvalue weighted by molar-refractivity contribution is 7.92. The molecule has 196 valence electrons. The Balaban J connectivity index is 2.10. The number of benzene rings is 3. The average Bonchev–Trinajstić information content (AvgIpc) is 2.88. The van der Waals surface area contributed by atoms with Crippen molar-refractivity contribution < 1.29 is 18.0 Å². The molecule has 11 heteroatoms. The topological polar surface area (TPSA) is 86.8 Å². The molecule has 3 rings (SSSR count). The molecule has 0 aliphatic rings. The molecule has 1 atom stereocenters. The SMILES string of the molecule is CC[C@H](C(=O)NC)N(Cc1ccccc1Cl)C(=O)CN(c1ccc(Cl)cc1Cl)S(=O)(=O)c1ccccc1. The Labute approximate surface area is 232 Å². The van der Waals surface area contributed by atoms with Gasteiger partial charge in [-0.2, -0.15) is 0 Å². The van der Waals surface area contributed by atoms with Crippen LogP contribution in [-0.4, -0.2) is 44.8 Å². The molecule has 1 N–H and O–H groups in total. The number of sulfonamides is 1. The Hall–Kier alpha value is -2.78. The third-order valence-corrected chi connectivity index (χ3v) is 8.40. The van der Waals surface area contributed by atoms with Crippen LogP contribution in [0, 0.1) is 0 Å². The van der Waals surface area contributed by atoms with Crippen molar-refractivity contribution in [3.8, 4) is 0 Å². The minimum atomic E-state index is -4.23. The molecule has 0 aliphatic carbocycles. The first kappa shape index (κ1) is 28.8. The molecule has 37 heavy (non-hydrogen) atoms. The van der Waals surface area contributed by atoms with Crippen molar-refractivity contribution in [2.75, 3.05) is 17.9 Å². The van der Waals surface area contributed by atoms with E-state index in [2.05, 4.69) is 5.32 Å². The summed E-state index contributed by atoms with van der Waals surface area (Å²) in [4.78, 5) is 27.9. The third-order valence-electron chi connectivity index (χ3n) is 5.72. The van der Waals surface area contributed by atoms with Gasteiger partial charge in [-0.05, 0) is 48.4 Å². The zero-order valence-electron chi connectivity index (χ0n) is 20.2. The lowest BCUT2D eigenvalue weighted by Crippen LogP contribution is -2.51. The molecule has 0 saturated carbocycles. The third kappa shape index (κ3) is 6.76. The molecule has 7 nitrogen and oxygen atoms in total. The monoisotopic (exact) mass is 581 g/mol. The van der Waals surface area contributed by atoms with Gasteiger partial charge in [-0.3, -0.25) is 13.9 Å². The molecule has 3 aromatic rings. The number of carbonyl (C=O) groups is 2. The summed E-state index contributed by atoms with van der Waals surface area (Å²) in [6, 6.07) is 18.1. The van der Waals surface area contributed by atoms with Gasteiger partial charge in [0, 0.05) is 23.6 Å². The fraction of sp³-hybridized carbons (Fsp3) is 0.231. The lowest BCUT2D eigenvalue weighted by atomic mass is 10.1. The molecule has 0 unspecified atom stereocenters. The Morgan fingerprint density at radius 1 is 0.919 bits per heavy atom. The van der Waals surface area contributed by atoms with E-state index in [1.54, 1.807) is 49.4 Å². The van der Waals surface area contributed by atoms with Crippen LogP contribution in [0.1, 0.15) is 18.9 Å². The highest BCUT2D eigenvalue weighted by Gasteiger charge is 2.34. The van der Waals surface area contributed by atoms with E-state index in [0.29, 0.717) is 22.0 Å². The van der Waals surface area contributed by atoms with Crippen LogP contribution >= 0.6 is 34.8 Å². The quantitative estimate of drug-likeness (QED) is 0.347. The maximum absolute atomic E-state index is 13.8. The standard InChI is InChI=1S/C26H26Cl3N3O4S/c1-3-23(26(34)30-2)31(16-18-9-7-8-12-21(18)28)25(33)17-32(24-14-13-19(27)15-22(24)29)37(35,36)20-10-5-4-6-11-20/h4-15,23H,3,16-17H2,1-2H3,(H,30,34)/t23-/m1/s1. The fourth-order valence-electron chi connectivity index (χ4n) is 3.81. The number of rotatable bonds is 10. The lowest BCUT2D eigenvalue weighted by Gasteiger charge is -2.33. The Kier molecular flexibility index (Phi) is 9.84. The van der Waals surface area contributed by atoms with Crippen molar-refractivity contribution in [2.45, 2.75) is 30.8 Å². The summed E-state index contributed by atoms with van der Waals surface area (Å²) < 4.78 is 28.4. The van der Waals surface area contributed by atoms with Gasteiger partial charge in [0.25, 0.3) is 10.0 Å². The maximum atomic E-state index is 13.8. The maximum Gasteiger partial charge on any atom is 0.264 e. The molecule has 2 amide bonds. The smallest absolute Gasteiger partial charge is 0.264 e. The molecule has 0 saturated heterocycles. The molecule has 0 bridgehead atoms. The number of anilines is 1. The number of nitrogens with one attached hydrogen (secondary N) is 1. The second kappa shape index (κ2) is 12.6. The zero-order valence-corrected chi connectivity index (χ0v) is 23.3. The molecule has 0 aromatic heterocycles. The van der Waals surface area contributed by atoms with Crippen LogP contribution in [0.15, 0.2) is 77.7 Å². The summed E-state index contributed by atoms with van der Waals surface area (Å²) in [6.45, 7) is 1.15. The first-order valence-electron chi connectivity index (χ1n) is 11.4. The van der Waals surface area contributed by atoms with Crippen molar-refractivity contribution in [3.63, 3.8) is 0 Å². The molecule has 0 heterocycles. The van der Waals surface area contributed by atoms with Gasteiger partial charge in [0.1, 0.15) is 12.6 Å². The van der Waals surface area contributed by atoms with Gasteiger partial charge in [0.2, 0.25) is 11.8 Å². The minimum Gasteiger partial charge on any atom is -0.357 e. The molecular formula is C26H26Cl3N3O4S. The van der Waals surface area contributed by atoms with Gasteiger partial charge in [-0.25, -0.2) is 8.42 Å². The van der Waals surface area contributed by atoms with Crippen LogP contribution in [0.3, 0.4) is 0 Å². The highest BCUT2D eigenvalue weighted by atomic mass is 35.5. The van der Waals surface area contributed by atoms with E-state index in [1.165, 1.54) is 42.3 Å². The van der Waals surface area contributed by atoms with Crippen molar-refractivity contribution >= 4 is 62.3 Å². The fourth-order valence-corrected chi connectivity index (χ4v) is 6.02. The van der Waals surface area contributed by atoms with Crippen molar-refractivity contribution in [2.24, 2.45) is 0 Å². The van der Waals surface area contributed by atoms with E-state index < -0.39 is 28.5 Å². The number of halogens is 3. The predicted molar refractivity (Wildman–Crippen MR) is 148 cm³/mol. The normalized spacial score (nSPS) is 12.0. The number of hydrogen-bond acceptors (Lipinski definition) is 4. The van der Waals surface area contributed by atoms with Crippen LogP contribution in [0.4, 0.5) is 5.69 Å². The zero-order chi connectivity index (χ0) is 27.2. The number of likely N-dealkylation sites (N-methyl/N-ethyl adjacent to an activating group) is 1. The van der Waals surface area contributed by atoms with Crippen LogP contribution in [0.5, 0.6) is 0 Å². The summed E-state index contributed by atoms with van der Waals surface area (Å²) in [5.74, 6) is -0.995. The van der Waals surface area contributed by atoms with Crippen LogP contribution in [0.25, 0.3) is 0 Å². The number of amides is 2. The van der Waals surface area contributed by atoms with Crippen LogP contribution in [-0.2, 0) is 26.2 Å². The second-order valence-corrected chi connectivity index (χ2v) is 11.2. The first-order chi connectivity index (χ1) is 17.6. The van der Waals surface area contributed by atoms with E-state index in [0.717, 1.165) is 4.31 Å². The van der Waals surface area contributed by atoms with Crippen molar-refractivity contribution in [1.82, 2.24) is 10.2 Å². The van der Waals surface area contributed by atoms with Crippen LogP contribution in [0.2, 0.25) is 15.1 Å². The summed E-state index contributed by atoms with van der Waals surface area (Å²) in [5.41, 5.74) is 0.691. The number of hydrogen-bond donors (Lipinski definition) is 1. The average molecular weight is 583 g/mol. The van der Waals surface area contributed by atoms with Crippen molar-refractivity contribution in [1.29, 1.82) is 0 Å². The lowest BCUT2D eigenvalue weighted by molar-refractivity contribution is -0.140. The Bertz CT molecular complexity index is 1370.